The van der Waals surface area contributed by atoms with Crippen LogP contribution in [0.3, 0.4) is 0 Å². The molecule has 2 N–H and O–H groups in total. The van der Waals surface area contributed by atoms with Crippen LogP contribution in [0.4, 0.5) is 0 Å². The van der Waals surface area contributed by atoms with Gasteiger partial charge in [0.1, 0.15) is 0 Å². The average Bonchev–Trinajstić information content (AvgIpc) is 2.74. The van der Waals surface area contributed by atoms with Crippen LogP contribution in [0.25, 0.3) is 0 Å². The number of carbonyl (C=O) groups is 2. The van der Waals surface area contributed by atoms with E-state index < -0.39 is 0 Å². The van der Waals surface area contributed by atoms with Crippen LogP contribution in [0.2, 0.25) is 0 Å². The van der Waals surface area contributed by atoms with Crippen LogP contribution >= 0.6 is 0 Å². The molecular formula is C22H27N3O2. The van der Waals surface area contributed by atoms with E-state index in [9.17, 15) is 9.59 Å². The summed E-state index contributed by atoms with van der Waals surface area (Å²) in [4.78, 5) is 27.4. The molecule has 3 rings (SSSR count). The van der Waals surface area contributed by atoms with E-state index in [0.717, 1.165) is 31.5 Å². The normalized spacial score (nSPS) is 16.0. The highest BCUT2D eigenvalue weighted by Crippen LogP contribution is 2.20. The molecule has 1 heterocycles. The maximum absolute atomic E-state index is 12.8. The lowest BCUT2D eigenvalue weighted by Gasteiger charge is -2.33. The van der Waals surface area contributed by atoms with Gasteiger partial charge in [0.25, 0.3) is 5.91 Å². The molecule has 0 aromatic heterocycles. The molecule has 1 aliphatic heterocycles. The van der Waals surface area contributed by atoms with E-state index in [1.54, 1.807) is 12.1 Å². The summed E-state index contributed by atoms with van der Waals surface area (Å²) in [5.74, 6) is -0.0714. The van der Waals surface area contributed by atoms with Crippen LogP contribution in [0.1, 0.15) is 41.2 Å². The van der Waals surface area contributed by atoms with Crippen molar-refractivity contribution in [3.8, 4) is 0 Å². The summed E-state index contributed by atoms with van der Waals surface area (Å²) in [6.07, 6.45) is 2.20. The van der Waals surface area contributed by atoms with Crippen molar-refractivity contribution in [2.45, 2.75) is 31.3 Å². The standard InChI is InChI=1S/C22H27N3O2/c1-23-19-12-14-25(15-13-19)21(26)16-20(17-8-4-2-5-9-17)24-22(27)18-10-6-3-7-11-18/h2-11,19-20,23H,12-16H2,1H3,(H,24,27). The Kier molecular flexibility index (Phi) is 6.60. The fraction of sp³-hybridized carbons (Fsp3) is 0.364. The first-order valence-corrected chi connectivity index (χ1v) is 9.53. The molecule has 0 aliphatic carbocycles. The molecule has 1 aliphatic rings. The Balaban J connectivity index is 1.69. The van der Waals surface area contributed by atoms with Gasteiger partial charge in [-0.25, -0.2) is 0 Å². The predicted octanol–water partition coefficient (Wildman–Crippen LogP) is 2.76. The molecule has 2 aromatic carbocycles. The van der Waals surface area contributed by atoms with Gasteiger partial charge in [-0.3, -0.25) is 9.59 Å². The lowest BCUT2D eigenvalue weighted by atomic mass is 10.0. The number of nitrogens with one attached hydrogen (secondary N) is 2. The van der Waals surface area contributed by atoms with Crippen LogP contribution in [0.5, 0.6) is 0 Å². The molecule has 5 nitrogen and oxygen atoms in total. The zero-order chi connectivity index (χ0) is 19.1. The van der Waals surface area contributed by atoms with Crippen LogP contribution in [0.15, 0.2) is 60.7 Å². The zero-order valence-electron chi connectivity index (χ0n) is 15.7. The van der Waals surface area contributed by atoms with Gasteiger partial charge in [0.15, 0.2) is 0 Å². The smallest absolute Gasteiger partial charge is 0.251 e. The highest BCUT2D eigenvalue weighted by molar-refractivity contribution is 5.94. The molecule has 0 bridgehead atoms. The van der Waals surface area contributed by atoms with E-state index in [2.05, 4.69) is 10.6 Å². The number of rotatable bonds is 6. The first kappa shape index (κ1) is 19.1. The molecule has 2 aromatic rings. The van der Waals surface area contributed by atoms with Crippen molar-refractivity contribution < 1.29 is 9.59 Å². The van der Waals surface area contributed by atoms with E-state index in [4.69, 9.17) is 0 Å². The van der Waals surface area contributed by atoms with Gasteiger partial charge in [0, 0.05) is 24.7 Å². The van der Waals surface area contributed by atoms with Gasteiger partial charge in [0.05, 0.1) is 12.5 Å². The van der Waals surface area contributed by atoms with Crippen molar-refractivity contribution in [1.29, 1.82) is 0 Å². The Morgan fingerprint density at radius 1 is 1.00 bits per heavy atom. The van der Waals surface area contributed by atoms with E-state index in [1.807, 2.05) is 60.5 Å². The molecule has 0 saturated carbocycles. The number of hydrogen-bond donors (Lipinski definition) is 2. The molecular weight excluding hydrogens is 338 g/mol. The van der Waals surface area contributed by atoms with Gasteiger partial charge >= 0.3 is 0 Å². The summed E-state index contributed by atoms with van der Waals surface area (Å²) < 4.78 is 0. The number of piperidine rings is 1. The molecule has 0 spiro atoms. The topological polar surface area (TPSA) is 61.4 Å². The van der Waals surface area contributed by atoms with Crippen molar-refractivity contribution in [2.24, 2.45) is 0 Å². The largest absolute Gasteiger partial charge is 0.345 e. The first-order valence-electron chi connectivity index (χ1n) is 9.53. The summed E-state index contributed by atoms with van der Waals surface area (Å²) in [5, 5.41) is 6.32. The molecule has 1 atom stereocenters. The summed E-state index contributed by atoms with van der Waals surface area (Å²) in [7, 11) is 1.96. The SMILES string of the molecule is CNC1CCN(C(=O)CC(NC(=O)c2ccccc2)c2ccccc2)CC1. The number of carbonyl (C=O) groups excluding carboxylic acids is 2. The number of hydrogen-bond acceptors (Lipinski definition) is 3. The lowest BCUT2D eigenvalue weighted by Crippen LogP contribution is -2.45. The Hall–Kier alpha value is -2.66. The van der Waals surface area contributed by atoms with Crippen LogP contribution in [-0.4, -0.2) is 42.9 Å². The summed E-state index contributed by atoms with van der Waals surface area (Å²) in [6, 6.07) is 19.0. The van der Waals surface area contributed by atoms with E-state index in [-0.39, 0.29) is 24.3 Å². The van der Waals surface area contributed by atoms with Gasteiger partial charge in [-0.2, -0.15) is 0 Å². The highest BCUT2D eigenvalue weighted by Gasteiger charge is 2.25. The molecule has 0 radical (unpaired) electrons. The third-order valence-corrected chi connectivity index (χ3v) is 5.18. The maximum Gasteiger partial charge on any atom is 0.251 e. The second-order valence-corrected chi connectivity index (χ2v) is 6.95. The van der Waals surface area contributed by atoms with Crippen LogP contribution in [0, 0.1) is 0 Å². The Bertz CT molecular complexity index is 741. The van der Waals surface area contributed by atoms with Gasteiger partial charge in [0.2, 0.25) is 5.91 Å². The van der Waals surface area contributed by atoms with Crippen molar-refractivity contribution in [2.75, 3.05) is 20.1 Å². The number of likely N-dealkylation sites (tertiary alicyclic amines) is 1. The van der Waals surface area contributed by atoms with Gasteiger partial charge in [-0.1, -0.05) is 48.5 Å². The minimum Gasteiger partial charge on any atom is -0.345 e. The van der Waals surface area contributed by atoms with Crippen molar-refractivity contribution in [3.63, 3.8) is 0 Å². The molecule has 5 heteroatoms. The van der Waals surface area contributed by atoms with E-state index in [1.165, 1.54) is 0 Å². The minimum atomic E-state index is -0.339. The zero-order valence-corrected chi connectivity index (χ0v) is 15.7. The summed E-state index contributed by atoms with van der Waals surface area (Å²) in [5.41, 5.74) is 1.54. The maximum atomic E-state index is 12.8. The van der Waals surface area contributed by atoms with E-state index in [0.29, 0.717) is 11.6 Å². The molecule has 142 valence electrons. The Morgan fingerprint density at radius 2 is 1.59 bits per heavy atom. The van der Waals surface area contributed by atoms with Crippen LogP contribution < -0.4 is 10.6 Å². The fourth-order valence-electron chi connectivity index (χ4n) is 3.49. The molecule has 1 fully saturated rings. The average molecular weight is 365 g/mol. The number of benzene rings is 2. The number of nitrogens with zero attached hydrogens (tertiary/aromatic N) is 1. The Morgan fingerprint density at radius 3 is 2.19 bits per heavy atom. The van der Waals surface area contributed by atoms with Gasteiger partial charge in [-0.05, 0) is 37.6 Å². The minimum absolute atomic E-state index is 0.0896. The third-order valence-electron chi connectivity index (χ3n) is 5.18. The van der Waals surface area contributed by atoms with Gasteiger partial charge < -0.3 is 15.5 Å². The lowest BCUT2D eigenvalue weighted by molar-refractivity contribution is -0.132. The van der Waals surface area contributed by atoms with Gasteiger partial charge in [-0.15, -0.1) is 0 Å². The van der Waals surface area contributed by atoms with Crippen LogP contribution in [-0.2, 0) is 4.79 Å². The summed E-state index contributed by atoms with van der Waals surface area (Å²) >= 11 is 0. The predicted molar refractivity (Wildman–Crippen MR) is 106 cm³/mol. The van der Waals surface area contributed by atoms with Crippen molar-refractivity contribution in [1.82, 2.24) is 15.5 Å². The van der Waals surface area contributed by atoms with Crippen molar-refractivity contribution in [3.05, 3.63) is 71.8 Å². The van der Waals surface area contributed by atoms with E-state index >= 15 is 0 Å². The second-order valence-electron chi connectivity index (χ2n) is 6.95. The number of amides is 2. The Labute approximate surface area is 160 Å². The molecule has 2 amide bonds. The van der Waals surface area contributed by atoms with Crippen molar-refractivity contribution >= 4 is 11.8 Å². The fourth-order valence-corrected chi connectivity index (χ4v) is 3.49. The molecule has 27 heavy (non-hydrogen) atoms. The monoisotopic (exact) mass is 365 g/mol. The molecule has 1 saturated heterocycles. The highest BCUT2D eigenvalue weighted by atomic mass is 16.2. The molecule has 1 unspecified atom stereocenters. The summed E-state index contributed by atoms with van der Waals surface area (Å²) in [6.45, 7) is 1.52. The quantitative estimate of drug-likeness (QED) is 0.827. The second kappa shape index (κ2) is 9.33. The third kappa shape index (κ3) is 5.17. The first-order chi connectivity index (χ1) is 13.2.